The number of amides is 6. The van der Waals surface area contributed by atoms with Gasteiger partial charge in [-0.15, -0.1) is 0 Å². The van der Waals surface area contributed by atoms with Gasteiger partial charge in [0.1, 0.15) is 0 Å². The molecule has 0 atom stereocenters. The largest absolute Gasteiger partial charge is 0.358 e. The number of carbonyl (C=O) groups excluding carboxylic acids is 6. The van der Waals surface area contributed by atoms with Crippen molar-refractivity contribution in [2.45, 2.75) is 154 Å². The van der Waals surface area contributed by atoms with Crippen molar-refractivity contribution in [1.29, 1.82) is 0 Å². The van der Waals surface area contributed by atoms with Crippen LogP contribution in [0.2, 0.25) is 0 Å². The maximum Gasteiger partial charge on any atom is -0.358 e. The van der Waals surface area contributed by atoms with Crippen LogP contribution in [0.15, 0.2) is 24.3 Å². The first kappa shape index (κ1) is 62.7. The molecule has 4 saturated carbocycles. The average molecular weight is 1050 g/mol. The van der Waals surface area contributed by atoms with E-state index in [9.17, 15) is 28.8 Å². The summed E-state index contributed by atoms with van der Waals surface area (Å²) in [5, 5.41) is 6.85. The van der Waals surface area contributed by atoms with Gasteiger partial charge >= 0.3 is 42.0 Å². The molecule has 0 spiro atoms. The van der Waals surface area contributed by atoms with Crippen molar-refractivity contribution in [3.05, 3.63) is 61.4 Å². The van der Waals surface area contributed by atoms with Gasteiger partial charge < -0.3 is 35.3 Å². The van der Waals surface area contributed by atoms with Crippen LogP contribution in [-0.4, -0.2) is 132 Å². The van der Waals surface area contributed by atoms with Crippen LogP contribution in [0.3, 0.4) is 0 Å². The summed E-state index contributed by atoms with van der Waals surface area (Å²) in [6, 6.07) is 6.47. The van der Waals surface area contributed by atoms with E-state index in [0.29, 0.717) is 96.7 Å². The average Bonchev–Trinajstić information content (AvgIpc) is 4.23. The zero-order chi connectivity index (χ0) is 49.3. The number of nitrogens with one attached hydrogen (secondary N) is 2. The molecule has 14 heteroatoms. The number of imide groups is 2. The van der Waals surface area contributed by atoms with Crippen molar-refractivity contribution >= 4 is 57.1 Å². The molecule has 2 aromatic carbocycles. The van der Waals surface area contributed by atoms with Crippen molar-refractivity contribution in [3.8, 4) is 0 Å². The second-order valence-corrected chi connectivity index (χ2v) is 19.6. The molecule has 2 heterocycles. The third-order valence-corrected chi connectivity index (χ3v) is 14.4. The van der Waals surface area contributed by atoms with Crippen LogP contribution in [0, 0.1) is 26.7 Å². The Bertz CT molecular complexity index is 1720. The van der Waals surface area contributed by atoms with Crippen LogP contribution in [0.5, 0.6) is 0 Å². The van der Waals surface area contributed by atoms with Crippen molar-refractivity contribution in [1.82, 2.24) is 30.2 Å². The van der Waals surface area contributed by atoms with Crippen LogP contribution >= 0.6 is 0 Å². The Morgan fingerprint density at radius 1 is 0.486 bits per heavy atom. The van der Waals surface area contributed by atoms with Gasteiger partial charge in [0.15, 0.2) is 0 Å². The molecule has 2 N–H and O–H groups in total. The van der Waals surface area contributed by atoms with E-state index in [2.05, 4.69) is 62.4 Å². The van der Waals surface area contributed by atoms with Gasteiger partial charge in [0.2, 0.25) is 11.8 Å². The smallest absolute Gasteiger partial charge is 0.358 e. The first-order valence-electron chi connectivity index (χ1n) is 25.8. The number of benzene rings is 2. The summed E-state index contributed by atoms with van der Waals surface area (Å²) in [7, 11) is 3.99. The van der Waals surface area contributed by atoms with Gasteiger partial charge in [-0.1, -0.05) is 89.9 Å². The molecule has 0 aromatic heterocycles. The van der Waals surface area contributed by atoms with E-state index in [4.69, 9.17) is 0 Å². The van der Waals surface area contributed by atoms with Crippen molar-refractivity contribution < 1.29 is 59.9 Å². The molecule has 12 nitrogen and oxygen atoms in total. The molecule has 2 aromatic rings. The van der Waals surface area contributed by atoms with Gasteiger partial charge in [0.25, 0.3) is 23.6 Å². The summed E-state index contributed by atoms with van der Waals surface area (Å²) >= 11 is 6.00. The summed E-state index contributed by atoms with van der Waals surface area (Å²) in [6.07, 6.45) is 28.6. The summed E-state index contributed by atoms with van der Waals surface area (Å²) in [4.78, 5) is 86.0. The van der Waals surface area contributed by atoms with E-state index in [1.807, 2.05) is 14.1 Å². The predicted octanol–water partition coefficient (Wildman–Crippen LogP) is 9.58. The fourth-order valence-corrected chi connectivity index (χ4v) is 10.6. The standard InChI is InChI=1S/C42H58N6O6.2C5H10.2CH3.2CH2.2Fe/c1-45(21-7-19-43-35(49)27-29-11-3-4-12-29)23-9-25-47-39(51)31-15-17-33-38-34(18-16-32(37(31)38)40(47)52)42(54)48(41(33)53)26-10-24-46(2)22-8-20-44-36(50)28-30-13-5-6-14-30;2*1-2-4-5-3-1;;;;;;/h15-18,29-30H,3-14,19-28H2,1-2H3,(H,43,49)(H,44,50);2*1-5H2;2*1H3;2*1H2;;/q;;;2*-1;;;2*+1. The Labute approximate surface area is 438 Å². The van der Waals surface area contributed by atoms with Crippen molar-refractivity contribution in [2.75, 3.05) is 66.5 Å². The maximum atomic E-state index is 13.7. The third-order valence-electron chi connectivity index (χ3n) is 14.4. The van der Waals surface area contributed by atoms with E-state index in [1.165, 1.54) is 99.7 Å². The minimum atomic E-state index is -0.414. The molecule has 70 heavy (non-hydrogen) atoms. The Kier molecular flexibility index (Phi) is 31.3. The van der Waals surface area contributed by atoms with Gasteiger partial charge in [0.05, 0.1) is 0 Å². The maximum absolute atomic E-state index is 13.7. The first-order valence-corrected chi connectivity index (χ1v) is 27.4. The third kappa shape index (κ3) is 19.2. The Morgan fingerprint density at radius 2 is 0.743 bits per heavy atom. The van der Waals surface area contributed by atoms with Gasteiger partial charge in [-0.2, -0.15) is 0 Å². The fraction of sp³-hybridized carbons (Fsp3) is 0.643. The summed E-state index contributed by atoms with van der Waals surface area (Å²) in [6.45, 7) is 4.70. The molecule has 0 saturated heterocycles. The number of carbonyl (C=O) groups is 6. The molecule has 394 valence electrons. The van der Waals surface area contributed by atoms with Gasteiger partial charge in [0, 0.05) is 72.0 Å². The quantitative estimate of drug-likeness (QED) is 0.0579. The zero-order valence-electron chi connectivity index (χ0n) is 43.5. The van der Waals surface area contributed by atoms with E-state index >= 15 is 0 Å². The number of rotatable bonds is 20. The number of hydrogen-bond acceptors (Lipinski definition) is 8. The monoisotopic (exact) mass is 1050 g/mol. The molecule has 8 rings (SSSR count). The molecule has 6 aliphatic rings. The van der Waals surface area contributed by atoms with E-state index < -0.39 is 23.6 Å². The number of hydrogen-bond donors (Lipinski definition) is 2. The minimum absolute atomic E-state index is 0. The van der Waals surface area contributed by atoms with E-state index in [-0.39, 0.29) is 39.8 Å². The van der Waals surface area contributed by atoms with Crippen LogP contribution in [0.25, 0.3) is 10.8 Å². The Morgan fingerprint density at radius 3 is 1.01 bits per heavy atom. The zero-order valence-corrected chi connectivity index (χ0v) is 45.7. The Balaban J connectivity index is 0.000000916. The molecule has 4 aliphatic carbocycles. The van der Waals surface area contributed by atoms with E-state index in [0.717, 1.165) is 51.6 Å². The Hall–Kier alpha value is -3.38. The van der Waals surface area contributed by atoms with Crippen molar-refractivity contribution in [2.24, 2.45) is 11.8 Å². The first-order chi connectivity index (χ1) is 33.1. The molecule has 4 fully saturated rings. The molecule has 0 unspecified atom stereocenters. The van der Waals surface area contributed by atoms with Crippen molar-refractivity contribution in [3.63, 3.8) is 0 Å². The van der Waals surface area contributed by atoms with Crippen LogP contribution in [0.4, 0.5) is 0 Å². The SMILES string of the molecule is C1CCCC1.C1CCCC1.CN(CCCNC(=O)CC1CCCC1)CCCN1C(=O)c2ccc3c4c(ccc(c24)C1=O)C(=O)N(CCCN(C)CCCNC(=O)CC1CCCC1)C3=O.[CH2]=[Fe+].[CH2]=[Fe+].[CH3-].[CH3-]. The second-order valence-electron chi connectivity index (χ2n) is 19.6. The molecule has 2 aliphatic heterocycles. The summed E-state index contributed by atoms with van der Waals surface area (Å²) in [5.41, 5.74) is 7.32. The topological polar surface area (TPSA) is 139 Å². The number of nitrogens with zero attached hydrogens (tertiary/aromatic N) is 4. The molecular weight excluding hydrogens is 964 g/mol. The second kappa shape index (κ2) is 34.9. The summed E-state index contributed by atoms with van der Waals surface area (Å²) < 4.78 is 0. The summed E-state index contributed by atoms with van der Waals surface area (Å²) in [5.74, 6) is -0.318. The van der Waals surface area contributed by atoms with E-state index in [1.54, 1.807) is 24.3 Å². The fourth-order valence-electron chi connectivity index (χ4n) is 10.6. The minimum Gasteiger partial charge on any atom is -0.358 e. The molecule has 6 amide bonds. The molecular formula is C56H88Fe2N6O6. The van der Waals surface area contributed by atoms with Gasteiger partial charge in [-0.05, 0) is 128 Å². The van der Waals surface area contributed by atoms with Gasteiger partial charge in [-0.25, -0.2) is 0 Å². The van der Waals surface area contributed by atoms with Crippen LogP contribution < -0.4 is 10.6 Å². The molecule has 0 bridgehead atoms. The normalized spacial score (nSPS) is 17.1. The van der Waals surface area contributed by atoms with Gasteiger partial charge in [-0.3, -0.25) is 38.6 Å². The predicted molar refractivity (Wildman–Crippen MR) is 281 cm³/mol. The van der Waals surface area contributed by atoms with Crippen LogP contribution in [0.1, 0.15) is 196 Å². The van der Waals surface area contributed by atoms with Crippen LogP contribution in [-0.2, 0) is 40.7 Å². The molecule has 0 radical (unpaired) electrons.